The van der Waals surface area contributed by atoms with Gasteiger partial charge in [-0.2, -0.15) is 4.37 Å². The van der Waals surface area contributed by atoms with E-state index in [1.54, 1.807) is 12.1 Å². The first kappa shape index (κ1) is 22.4. The van der Waals surface area contributed by atoms with E-state index in [1.165, 1.54) is 17.6 Å². The van der Waals surface area contributed by atoms with Crippen LogP contribution >= 0.6 is 11.5 Å². The number of piperazine rings is 1. The molecule has 1 saturated heterocycles. The predicted molar refractivity (Wildman–Crippen MR) is 122 cm³/mol. The molecule has 0 saturated carbocycles. The van der Waals surface area contributed by atoms with Crippen molar-refractivity contribution in [2.24, 2.45) is 4.99 Å². The lowest BCUT2D eigenvalue weighted by atomic mass is 10.1. The second-order valence-electron chi connectivity index (χ2n) is 7.55. The highest BCUT2D eigenvalue weighted by molar-refractivity contribution is 7.09. The average Bonchev–Trinajstić information content (AvgIpc) is 3.22. The number of halogens is 1. The molecule has 1 atom stereocenters. The monoisotopic (exact) mass is 433 g/mol. The number of hydrogen-bond acceptors (Lipinski definition) is 6. The summed E-state index contributed by atoms with van der Waals surface area (Å²) in [7, 11) is 4.01. The Balaban J connectivity index is 1.66. The molecule has 30 heavy (non-hydrogen) atoms. The van der Waals surface area contributed by atoms with Crippen LogP contribution in [0.4, 0.5) is 9.52 Å². The second-order valence-corrected chi connectivity index (χ2v) is 8.28. The fourth-order valence-electron chi connectivity index (χ4n) is 3.51. The van der Waals surface area contributed by atoms with Crippen molar-refractivity contribution in [3.8, 4) is 0 Å². The number of nitrogens with zero attached hydrogens (tertiary/aromatic N) is 6. The summed E-state index contributed by atoms with van der Waals surface area (Å²) in [5.41, 5.74) is 0.937. The molecule has 1 aromatic heterocycles. The third-order valence-electron chi connectivity index (χ3n) is 5.23. The summed E-state index contributed by atoms with van der Waals surface area (Å²) >= 11 is 1.48. The van der Waals surface area contributed by atoms with E-state index in [0.29, 0.717) is 6.54 Å². The van der Waals surface area contributed by atoms with Crippen molar-refractivity contribution in [2.45, 2.75) is 26.3 Å². The van der Waals surface area contributed by atoms with Gasteiger partial charge in [-0.05, 0) is 38.7 Å². The molecular weight excluding hydrogens is 401 g/mol. The molecule has 9 heteroatoms. The topological polar surface area (TPSA) is 59.9 Å². The Kier molecular flexibility index (Phi) is 7.98. The summed E-state index contributed by atoms with van der Waals surface area (Å²) in [5, 5.41) is 4.42. The van der Waals surface area contributed by atoms with Gasteiger partial charge in [0.1, 0.15) is 11.6 Å². The van der Waals surface area contributed by atoms with Crippen molar-refractivity contribution in [2.75, 3.05) is 58.3 Å². The molecule has 0 amide bonds. The van der Waals surface area contributed by atoms with Crippen LogP contribution in [-0.4, -0.2) is 78.5 Å². The molecule has 1 N–H and O–H groups in total. The van der Waals surface area contributed by atoms with E-state index in [1.807, 2.05) is 20.2 Å². The number of likely N-dealkylation sites (N-methyl/N-ethyl adjacent to an activating group) is 1. The minimum atomic E-state index is -0.214. The fraction of sp³-hybridized carbons (Fsp3) is 0.571. The zero-order chi connectivity index (χ0) is 21.5. The number of guanidine groups is 1. The lowest BCUT2D eigenvalue weighted by molar-refractivity contribution is 0.303. The highest BCUT2D eigenvalue weighted by Gasteiger charge is 2.23. The zero-order valence-corrected chi connectivity index (χ0v) is 19.1. The quantitative estimate of drug-likeness (QED) is 0.535. The Hall–Kier alpha value is -2.26. The normalized spacial score (nSPS) is 16.3. The van der Waals surface area contributed by atoms with E-state index in [4.69, 9.17) is 4.99 Å². The number of aromatic nitrogens is 2. The summed E-state index contributed by atoms with van der Waals surface area (Å²) in [6.45, 7) is 9.06. The molecule has 7 nitrogen and oxygen atoms in total. The molecule has 1 aliphatic heterocycles. The van der Waals surface area contributed by atoms with Crippen LogP contribution in [0.5, 0.6) is 0 Å². The Morgan fingerprint density at radius 3 is 2.63 bits per heavy atom. The van der Waals surface area contributed by atoms with Gasteiger partial charge in [0, 0.05) is 50.7 Å². The first-order valence-electron chi connectivity index (χ1n) is 10.5. The maximum atomic E-state index is 13.7. The second kappa shape index (κ2) is 10.7. The van der Waals surface area contributed by atoms with Gasteiger partial charge in [-0.3, -0.25) is 4.99 Å². The van der Waals surface area contributed by atoms with Crippen LogP contribution in [-0.2, 0) is 6.42 Å². The predicted octanol–water partition coefficient (Wildman–Crippen LogP) is 2.63. The summed E-state index contributed by atoms with van der Waals surface area (Å²) in [6, 6.07) is 6.81. The van der Waals surface area contributed by atoms with E-state index in [0.717, 1.165) is 61.6 Å². The fourth-order valence-corrected chi connectivity index (χ4v) is 4.31. The number of anilines is 1. The van der Waals surface area contributed by atoms with Crippen molar-refractivity contribution in [3.63, 3.8) is 0 Å². The van der Waals surface area contributed by atoms with Crippen molar-refractivity contribution >= 4 is 22.6 Å². The van der Waals surface area contributed by atoms with Gasteiger partial charge in [0.05, 0.1) is 12.6 Å². The summed E-state index contributed by atoms with van der Waals surface area (Å²) in [4.78, 5) is 16.2. The molecule has 1 unspecified atom stereocenters. The van der Waals surface area contributed by atoms with Gasteiger partial charge in [-0.1, -0.05) is 19.1 Å². The van der Waals surface area contributed by atoms with Crippen molar-refractivity contribution < 1.29 is 4.39 Å². The summed E-state index contributed by atoms with van der Waals surface area (Å²) in [5.74, 6) is 1.61. The maximum Gasteiger partial charge on any atom is 0.205 e. The molecule has 2 aromatic rings. The smallest absolute Gasteiger partial charge is 0.205 e. The SMILES string of the molecule is CCNC(=NCC(c1cccc(F)c1)N(C)C)N1CCN(c2nc(CC)ns2)CC1. The van der Waals surface area contributed by atoms with Gasteiger partial charge in [0.15, 0.2) is 5.96 Å². The Morgan fingerprint density at radius 1 is 1.27 bits per heavy atom. The molecule has 1 aliphatic rings. The van der Waals surface area contributed by atoms with E-state index in [2.05, 4.69) is 43.2 Å². The van der Waals surface area contributed by atoms with Gasteiger partial charge >= 0.3 is 0 Å². The number of benzene rings is 1. The van der Waals surface area contributed by atoms with Crippen LogP contribution in [0, 0.1) is 5.82 Å². The molecule has 0 radical (unpaired) electrons. The first-order chi connectivity index (χ1) is 14.5. The Bertz CT molecular complexity index is 830. The number of rotatable bonds is 7. The Labute approximate surface area is 182 Å². The number of aliphatic imine (C=N–C) groups is 1. The minimum Gasteiger partial charge on any atom is -0.357 e. The van der Waals surface area contributed by atoms with Gasteiger partial charge in [-0.15, -0.1) is 0 Å². The standard InChI is InChI=1S/C21H32FN7S/c1-5-19-25-21(30-26-19)29-12-10-28(11-13-29)20(23-6-2)24-15-18(27(3)4)16-8-7-9-17(22)14-16/h7-9,14,18H,5-6,10-13,15H2,1-4H3,(H,23,24). The zero-order valence-electron chi connectivity index (χ0n) is 18.3. The Morgan fingerprint density at radius 2 is 2.03 bits per heavy atom. The molecule has 3 rings (SSSR count). The van der Waals surface area contributed by atoms with Crippen molar-refractivity contribution in [1.29, 1.82) is 0 Å². The van der Waals surface area contributed by atoms with Crippen LogP contribution in [0.15, 0.2) is 29.3 Å². The first-order valence-corrected chi connectivity index (χ1v) is 11.3. The lowest BCUT2D eigenvalue weighted by Crippen LogP contribution is -2.52. The van der Waals surface area contributed by atoms with Crippen molar-refractivity contribution in [1.82, 2.24) is 24.5 Å². The summed E-state index contributed by atoms with van der Waals surface area (Å²) in [6.07, 6.45) is 0.867. The molecule has 0 spiro atoms. The van der Waals surface area contributed by atoms with Gasteiger partial charge in [-0.25, -0.2) is 9.37 Å². The van der Waals surface area contributed by atoms with Crippen LogP contribution in [0.1, 0.15) is 31.3 Å². The highest BCUT2D eigenvalue weighted by Crippen LogP contribution is 2.21. The molecule has 1 aromatic carbocycles. The largest absolute Gasteiger partial charge is 0.357 e. The number of hydrogen-bond donors (Lipinski definition) is 1. The van der Waals surface area contributed by atoms with Crippen LogP contribution in [0.2, 0.25) is 0 Å². The molecule has 0 aliphatic carbocycles. The molecule has 0 bridgehead atoms. The average molecular weight is 434 g/mol. The third kappa shape index (κ3) is 5.66. The van der Waals surface area contributed by atoms with Gasteiger partial charge in [0.25, 0.3) is 0 Å². The van der Waals surface area contributed by atoms with Gasteiger partial charge < -0.3 is 20.0 Å². The molecule has 1 fully saturated rings. The summed E-state index contributed by atoms with van der Waals surface area (Å²) < 4.78 is 18.1. The van der Waals surface area contributed by atoms with Crippen LogP contribution in [0.25, 0.3) is 0 Å². The van der Waals surface area contributed by atoms with E-state index < -0.39 is 0 Å². The minimum absolute atomic E-state index is 0.0181. The van der Waals surface area contributed by atoms with Gasteiger partial charge in [0.2, 0.25) is 5.13 Å². The van der Waals surface area contributed by atoms with E-state index in [9.17, 15) is 4.39 Å². The maximum absolute atomic E-state index is 13.7. The molecular formula is C21H32FN7S. The highest BCUT2D eigenvalue weighted by atomic mass is 32.1. The lowest BCUT2D eigenvalue weighted by Gasteiger charge is -2.36. The van der Waals surface area contributed by atoms with E-state index >= 15 is 0 Å². The number of nitrogens with one attached hydrogen (secondary N) is 1. The third-order valence-corrected chi connectivity index (χ3v) is 6.04. The molecule has 2 heterocycles. The van der Waals surface area contributed by atoms with Crippen LogP contribution in [0.3, 0.4) is 0 Å². The van der Waals surface area contributed by atoms with E-state index in [-0.39, 0.29) is 11.9 Å². The van der Waals surface area contributed by atoms with Crippen molar-refractivity contribution in [3.05, 3.63) is 41.5 Å². The molecule has 164 valence electrons. The van der Waals surface area contributed by atoms with Crippen LogP contribution < -0.4 is 10.2 Å². The number of aryl methyl sites for hydroxylation is 1.